The largest absolute Gasteiger partial charge is 0.416 e. The minimum atomic E-state index is -4.39. The standard InChI is InChI=1S/C19H16F5N3/c20-14-3-1-11(7-15(14)21)9-27-6-5-12(10-27)18-25-16-4-2-13(19(22,23)24)8-17(16)26-18/h1-4,7-8,12H,5-6,9-10H2,(H,25,26)/t12-/m0/s1. The van der Waals surface area contributed by atoms with Crippen LogP contribution >= 0.6 is 0 Å². The predicted molar refractivity (Wildman–Crippen MR) is 90.1 cm³/mol. The van der Waals surface area contributed by atoms with Gasteiger partial charge in [0.2, 0.25) is 0 Å². The number of benzene rings is 2. The van der Waals surface area contributed by atoms with Crippen LogP contribution in [0.4, 0.5) is 22.0 Å². The van der Waals surface area contributed by atoms with E-state index in [9.17, 15) is 22.0 Å². The number of aromatic amines is 1. The van der Waals surface area contributed by atoms with Crippen LogP contribution in [0.15, 0.2) is 36.4 Å². The molecule has 1 atom stereocenters. The number of aromatic nitrogens is 2. The van der Waals surface area contributed by atoms with Gasteiger partial charge >= 0.3 is 6.18 Å². The third-order valence-electron chi connectivity index (χ3n) is 4.88. The summed E-state index contributed by atoms with van der Waals surface area (Å²) >= 11 is 0. The Morgan fingerprint density at radius 2 is 1.89 bits per heavy atom. The molecule has 27 heavy (non-hydrogen) atoms. The first-order valence-electron chi connectivity index (χ1n) is 8.53. The predicted octanol–water partition coefficient (Wildman–Crippen LogP) is 4.85. The average Bonchev–Trinajstić information content (AvgIpc) is 3.23. The summed E-state index contributed by atoms with van der Waals surface area (Å²) in [6.45, 7) is 1.87. The van der Waals surface area contributed by atoms with Crippen molar-refractivity contribution in [2.24, 2.45) is 0 Å². The van der Waals surface area contributed by atoms with Gasteiger partial charge < -0.3 is 4.98 Å². The van der Waals surface area contributed by atoms with Crippen LogP contribution in [0.1, 0.15) is 29.3 Å². The Kier molecular flexibility index (Phi) is 4.38. The van der Waals surface area contributed by atoms with Gasteiger partial charge in [0.1, 0.15) is 5.82 Å². The number of imidazole rings is 1. The molecule has 0 unspecified atom stereocenters. The smallest absolute Gasteiger partial charge is 0.342 e. The summed E-state index contributed by atoms with van der Waals surface area (Å²) in [5.74, 6) is -1.05. The lowest BCUT2D eigenvalue weighted by Crippen LogP contribution is -2.20. The molecule has 1 aliphatic heterocycles. The van der Waals surface area contributed by atoms with E-state index >= 15 is 0 Å². The first-order valence-corrected chi connectivity index (χ1v) is 8.53. The monoisotopic (exact) mass is 381 g/mol. The molecule has 1 fully saturated rings. The molecule has 1 aromatic heterocycles. The molecule has 3 nitrogen and oxygen atoms in total. The SMILES string of the molecule is Fc1ccc(CN2CC[C@H](c3nc4ccc(C(F)(F)F)cc4[nH]3)C2)cc1F. The zero-order valence-corrected chi connectivity index (χ0v) is 14.2. The number of halogens is 5. The molecule has 0 amide bonds. The van der Waals surface area contributed by atoms with Crippen molar-refractivity contribution >= 4 is 11.0 Å². The molecule has 0 spiro atoms. The fraction of sp³-hybridized carbons (Fsp3) is 0.316. The van der Waals surface area contributed by atoms with Gasteiger partial charge in [-0.25, -0.2) is 13.8 Å². The molecule has 3 aromatic rings. The number of H-pyrrole nitrogens is 1. The van der Waals surface area contributed by atoms with Crippen molar-refractivity contribution in [3.05, 3.63) is 65.0 Å². The van der Waals surface area contributed by atoms with E-state index in [1.807, 2.05) is 0 Å². The summed E-state index contributed by atoms with van der Waals surface area (Å²) in [4.78, 5) is 9.52. The lowest BCUT2D eigenvalue weighted by Gasteiger charge is -2.15. The summed E-state index contributed by atoms with van der Waals surface area (Å²) in [5, 5.41) is 0. The fourth-order valence-electron chi connectivity index (χ4n) is 3.49. The van der Waals surface area contributed by atoms with Crippen molar-refractivity contribution < 1.29 is 22.0 Å². The summed E-state index contributed by atoms with van der Waals surface area (Å²) < 4.78 is 64.9. The van der Waals surface area contributed by atoms with E-state index in [1.165, 1.54) is 12.1 Å². The highest BCUT2D eigenvalue weighted by Crippen LogP contribution is 2.32. The number of hydrogen-bond acceptors (Lipinski definition) is 2. The summed E-state index contributed by atoms with van der Waals surface area (Å²) in [5.41, 5.74) is 0.821. The number of nitrogens with one attached hydrogen (secondary N) is 1. The number of alkyl halides is 3. The van der Waals surface area contributed by atoms with Gasteiger partial charge in [0.05, 0.1) is 16.6 Å². The summed E-state index contributed by atoms with van der Waals surface area (Å²) in [7, 11) is 0. The molecule has 1 aliphatic rings. The molecule has 0 aliphatic carbocycles. The number of nitrogens with zero attached hydrogens (tertiary/aromatic N) is 2. The Morgan fingerprint density at radius 1 is 1.07 bits per heavy atom. The van der Waals surface area contributed by atoms with Crippen molar-refractivity contribution in [3.63, 3.8) is 0 Å². The van der Waals surface area contributed by atoms with Gasteiger partial charge in [-0.3, -0.25) is 4.90 Å². The van der Waals surface area contributed by atoms with Gasteiger partial charge in [0, 0.05) is 19.0 Å². The molecule has 2 heterocycles. The van der Waals surface area contributed by atoms with Crippen molar-refractivity contribution in [2.75, 3.05) is 13.1 Å². The third-order valence-corrected chi connectivity index (χ3v) is 4.88. The molecule has 8 heteroatoms. The van der Waals surface area contributed by atoms with E-state index in [1.54, 1.807) is 6.07 Å². The second kappa shape index (κ2) is 6.60. The van der Waals surface area contributed by atoms with Gasteiger partial charge in [0.15, 0.2) is 11.6 Å². The molecular weight excluding hydrogens is 365 g/mol. The van der Waals surface area contributed by atoms with Gasteiger partial charge in [-0.1, -0.05) is 6.07 Å². The highest BCUT2D eigenvalue weighted by Gasteiger charge is 2.31. The maximum Gasteiger partial charge on any atom is 0.416 e. The second-order valence-electron chi connectivity index (χ2n) is 6.82. The average molecular weight is 381 g/mol. The van der Waals surface area contributed by atoms with E-state index in [-0.39, 0.29) is 5.92 Å². The Morgan fingerprint density at radius 3 is 2.63 bits per heavy atom. The van der Waals surface area contributed by atoms with Crippen molar-refractivity contribution in [1.82, 2.24) is 14.9 Å². The zero-order chi connectivity index (χ0) is 19.2. The molecule has 1 saturated heterocycles. The normalized spacial score (nSPS) is 18.5. The van der Waals surface area contributed by atoms with E-state index in [0.29, 0.717) is 35.5 Å². The van der Waals surface area contributed by atoms with Crippen molar-refractivity contribution in [2.45, 2.75) is 25.1 Å². The van der Waals surface area contributed by atoms with Crippen LogP contribution in [0.5, 0.6) is 0 Å². The number of fused-ring (bicyclic) bond motifs is 1. The van der Waals surface area contributed by atoms with Gasteiger partial charge in [0.25, 0.3) is 0 Å². The molecular formula is C19H16F5N3. The zero-order valence-electron chi connectivity index (χ0n) is 14.2. The molecule has 0 radical (unpaired) electrons. The number of likely N-dealkylation sites (tertiary alicyclic amines) is 1. The van der Waals surface area contributed by atoms with Crippen LogP contribution in [0.3, 0.4) is 0 Å². The first-order chi connectivity index (χ1) is 12.8. The lowest BCUT2D eigenvalue weighted by atomic mass is 10.1. The highest BCUT2D eigenvalue weighted by molar-refractivity contribution is 5.76. The van der Waals surface area contributed by atoms with E-state index in [2.05, 4.69) is 14.9 Å². The Balaban J connectivity index is 1.49. The van der Waals surface area contributed by atoms with Gasteiger partial charge in [-0.15, -0.1) is 0 Å². The Bertz CT molecular complexity index is 979. The van der Waals surface area contributed by atoms with E-state index < -0.39 is 23.4 Å². The maximum absolute atomic E-state index is 13.3. The minimum Gasteiger partial charge on any atom is -0.342 e. The molecule has 1 N–H and O–H groups in total. The van der Waals surface area contributed by atoms with Crippen LogP contribution in [-0.4, -0.2) is 28.0 Å². The summed E-state index contributed by atoms with van der Waals surface area (Å²) in [6, 6.07) is 7.30. The lowest BCUT2D eigenvalue weighted by molar-refractivity contribution is -0.137. The van der Waals surface area contributed by atoms with Crippen LogP contribution in [0.2, 0.25) is 0 Å². The highest BCUT2D eigenvalue weighted by atomic mass is 19.4. The van der Waals surface area contributed by atoms with Crippen LogP contribution < -0.4 is 0 Å². The maximum atomic E-state index is 13.3. The molecule has 2 aromatic carbocycles. The molecule has 0 saturated carbocycles. The van der Waals surface area contributed by atoms with Gasteiger partial charge in [-0.05, 0) is 48.9 Å². The van der Waals surface area contributed by atoms with Crippen LogP contribution in [-0.2, 0) is 12.7 Å². The van der Waals surface area contributed by atoms with Crippen LogP contribution in [0.25, 0.3) is 11.0 Å². The van der Waals surface area contributed by atoms with Crippen molar-refractivity contribution in [3.8, 4) is 0 Å². The quantitative estimate of drug-likeness (QED) is 0.658. The molecule has 4 rings (SSSR count). The van der Waals surface area contributed by atoms with E-state index in [4.69, 9.17) is 0 Å². The first kappa shape index (κ1) is 17.9. The Hall–Kier alpha value is -2.48. The topological polar surface area (TPSA) is 31.9 Å². The third kappa shape index (κ3) is 3.66. The number of rotatable bonds is 3. The fourth-order valence-corrected chi connectivity index (χ4v) is 3.49. The Labute approximate surface area is 151 Å². The molecule has 142 valence electrons. The van der Waals surface area contributed by atoms with E-state index in [0.717, 1.165) is 31.2 Å². The van der Waals surface area contributed by atoms with Crippen molar-refractivity contribution in [1.29, 1.82) is 0 Å². The number of hydrogen-bond donors (Lipinski definition) is 1. The summed E-state index contributed by atoms with van der Waals surface area (Å²) in [6.07, 6.45) is -3.61. The van der Waals surface area contributed by atoms with Gasteiger partial charge in [-0.2, -0.15) is 13.2 Å². The second-order valence-corrected chi connectivity index (χ2v) is 6.82. The minimum absolute atomic E-state index is 0.0528. The van der Waals surface area contributed by atoms with Crippen LogP contribution in [0, 0.1) is 11.6 Å². The molecule has 0 bridgehead atoms.